The summed E-state index contributed by atoms with van der Waals surface area (Å²) in [5.41, 5.74) is 5.06. The Morgan fingerprint density at radius 1 is 1.13 bits per heavy atom. The van der Waals surface area contributed by atoms with Crippen molar-refractivity contribution >= 4 is 17.0 Å². The van der Waals surface area contributed by atoms with Crippen LogP contribution in [0.2, 0.25) is 0 Å². The van der Waals surface area contributed by atoms with Crippen LogP contribution >= 0.6 is 0 Å². The Balaban J connectivity index is 1.72. The molecule has 0 aliphatic heterocycles. The second-order valence-electron chi connectivity index (χ2n) is 6.73. The molecular weight excluding hydrogens is 284 g/mol. The molecule has 1 aromatic heterocycles. The van der Waals surface area contributed by atoms with E-state index in [-0.39, 0.29) is 5.41 Å². The second-order valence-corrected chi connectivity index (χ2v) is 6.73. The van der Waals surface area contributed by atoms with Gasteiger partial charge in [-0.05, 0) is 34.7 Å². The van der Waals surface area contributed by atoms with Crippen molar-refractivity contribution in [3.05, 3.63) is 59.2 Å². The monoisotopic (exact) mass is 304 g/mol. The molecular formula is C19H20N4. The molecule has 3 rings (SSSR count). The maximum Gasteiger partial charge on any atom is 0.201 e. The lowest BCUT2D eigenvalue weighted by atomic mass is 9.87. The number of rotatable bonds is 3. The van der Waals surface area contributed by atoms with Gasteiger partial charge in [0.2, 0.25) is 5.95 Å². The summed E-state index contributed by atoms with van der Waals surface area (Å²) in [6.07, 6.45) is 0. The van der Waals surface area contributed by atoms with Crippen molar-refractivity contribution in [2.24, 2.45) is 0 Å². The van der Waals surface area contributed by atoms with Crippen molar-refractivity contribution in [3.8, 4) is 6.07 Å². The molecule has 0 bridgehead atoms. The van der Waals surface area contributed by atoms with Crippen LogP contribution in [0.15, 0.2) is 42.5 Å². The Morgan fingerprint density at radius 3 is 2.52 bits per heavy atom. The number of hydrogen-bond donors (Lipinski definition) is 2. The number of aromatic nitrogens is 2. The first-order valence-electron chi connectivity index (χ1n) is 7.69. The lowest BCUT2D eigenvalue weighted by Gasteiger charge is -2.19. The van der Waals surface area contributed by atoms with Crippen LogP contribution in [0.1, 0.15) is 37.5 Å². The van der Waals surface area contributed by atoms with Gasteiger partial charge in [-0.1, -0.05) is 45.0 Å². The van der Waals surface area contributed by atoms with Gasteiger partial charge in [-0.2, -0.15) is 5.26 Å². The number of nitrogens with one attached hydrogen (secondary N) is 2. The highest BCUT2D eigenvalue weighted by molar-refractivity contribution is 5.78. The molecule has 0 amide bonds. The van der Waals surface area contributed by atoms with E-state index in [2.05, 4.69) is 66.4 Å². The third-order valence-electron chi connectivity index (χ3n) is 3.89. The molecule has 1 heterocycles. The van der Waals surface area contributed by atoms with E-state index in [0.29, 0.717) is 12.1 Å². The Labute approximate surface area is 136 Å². The summed E-state index contributed by atoms with van der Waals surface area (Å²) in [5.74, 6) is 0.718. The molecule has 0 fully saturated rings. The van der Waals surface area contributed by atoms with Gasteiger partial charge < -0.3 is 10.3 Å². The molecule has 23 heavy (non-hydrogen) atoms. The summed E-state index contributed by atoms with van der Waals surface area (Å²) < 4.78 is 0. The van der Waals surface area contributed by atoms with Crippen molar-refractivity contribution in [1.82, 2.24) is 9.97 Å². The number of fused-ring (bicyclic) bond motifs is 1. The summed E-state index contributed by atoms with van der Waals surface area (Å²) >= 11 is 0. The van der Waals surface area contributed by atoms with Crippen molar-refractivity contribution in [3.63, 3.8) is 0 Å². The van der Waals surface area contributed by atoms with E-state index in [0.717, 1.165) is 17.0 Å². The average Bonchev–Trinajstić information content (AvgIpc) is 2.94. The Kier molecular flexibility index (Phi) is 3.79. The van der Waals surface area contributed by atoms with Gasteiger partial charge in [0.15, 0.2) is 0 Å². The summed E-state index contributed by atoms with van der Waals surface area (Å²) in [6.45, 7) is 7.34. The number of benzene rings is 2. The van der Waals surface area contributed by atoms with Crippen molar-refractivity contribution in [2.75, 3.05) is 5.32 Å². The number of H-pyrrole nitrogens is 1. The average molecular weight is 304 g/mol. The number of anilines is 1. The number of aromatic amines is 1. The van der Waals surface area contributed by atoms with Crippen LogP contribution in [0.25, 0.3) is 11.0 Å². The predicted octanol–water partition coefficient (Wildman–Crippen LogP) is 4.34. The van der Waals surface area contributed by atoms with Crippen molar-refractivity contribution < 1.29 is 0 Å². The molecule has 0 atom stereocenters. The van der Waals surface area contributed by atoms with Gasteiger partial charge in [0.25, 0.3) is 0 Å². The highest BCUT2D eigenvalue weighted by Crippen LogP contribution is 2.22. The summed E-state index contributed by atoms with van der Waals surface area (Å²) in [6, 6.07) is 16.2. The lowest BCUT2D eigenvalue weighted by molar-refractivity contribution is 0.590. The predicted molar refractivity (Wildman–Crippen MR) is 93.3 cm³/mol. The molecule has 2 N–H and O–H groups in total. The second kappa shape index (κ2) is 5.77. The molecule has 0 aliphatic carbocycles. The normalized spacial score (nSPS) is 11.4. The smallest absolute Gasteiger partial charge is 0.201 e. The van der Waals surface area contributed by atoms with Gasteiger partial charge in [-0.15, -0.1) is 0 Å². The standard InChI is InChI=1S/C19H20N4/c1-19(2,3)15-7-4-13(5-8-15)12-21-18-22-16-9-6-14(11-20)10-17(16)23-18/h4-10H,12H2,1-3H3,(H2,21,22,23). The number of nitriles is 1. The van der Waals surface area contributed by atoms with Crippen LogP contribution in [0.4, 0.5) is 5.95 Å². The lowest BCUT2D eigenvalue weighted by Crippen LogP contribution is -2.11. The molecule has 116 valence electrons. The minimum absolute atomic E-state index is 0.170. The van der Waals surface area contributed by atoms with Gasteiger partial charge in [0.1, 0.15) is 0 Å². The highest BCUT2D eigenvalue weighted by Gasteiger charge is 2.12. The zero-order valence-electron chi connectivity index (χ0n) is 13.6. The first-order valence-corrected chi connectivity index (χ1v) is 7.69. The SMILES string of the molecule is CC(C)(C)c1ccc(CNc2nc3ccc(C#N)cc3[nH]2)cc1. The fourth-order valence-electron chi connectivity index (χ4n) is 2.47. The van der Waals surface area contributed by atoms with Gasteiger partial charge in [-0.25, -0.2) is 4.98 Å². The Bertz CT molecular complexity index is 861. The highest BCUT2D eigenvalue weighted by atomic mass is 15.1. The van der Waals surface area contributed by atoms with E-state index in [1.807, 2.05) is 12.1 Å². The fraction of sp³-hybridized carbons (Fsp3) is 0.263. The van der Waals surface area contributed by atoms with E-state index in [1.54, 1.807) is 6.07 Å². The van der Waals surface area contributed by atoms with Crippen molar-refractivity contribution in [1.29, 1.82) is 5.26 Å². The van der Waals surface area contributed by atoms with Crippen LogP contribution in [0.3, 0.4) is 0 Å². The van der Waals surface area contributed by atoms with E-state index >= 15 is 0 Å². The quantitative estimate of drug-likeness (QED) is 0.756. The fourth-order valence-corrected chi connectivity index (χ4v) is 2.47. The molecule has 4 heteroatoms. The van der Waals surface area contributed by atoms with Crippen LogP contribution in [-0.2, 0) is 12.0 Å². The van der Waals surface area contributed by atoms with Gasteiger partial charge in [0, 0.05) is 6.54 Å². The molecule has 0 spiro atoms. The summed E-state index contributed by atoms with van der Waals surface area (Å²) in [7, 11) is 0. The van der Waals surface area contributed by atoms with E-state index < -0.39 is 0 Å². The first kappa shape index (κ1) is 15.1. The zero-order valence-corrected chi connectivity index (χ0v) is 13.6. The van der Waals surface area contributed by atoms with Crippen molar-refractivity contribution in [2.45, 2.75) is 32.7 Å². The van der Waals surface area contributed by atoms with Crippen LogP contribution < -0.4 is 5.32 Å². The van der Waals surface area contributed by atoms with E-state index in [4.69, 9.17) is 5.26 Å². The molecule has 0 unspecified atom stereocenters. The largest absolute Gasteiger partial charge is 0.352 e. The third-order valence-corrected chi connectivity index (χ3v) is 3.89. The summed E-state index contributed by atoms with van der Waals surface area (Å²) in [4.78, 5) is 7.69. The third kappa shape index (κ3) is 3.35. The molecule has 2 aromatic carbocycles. The molecule has 0 saturated heterocycles. The van der Waals surface area contributed by atoms with Gasteiger partial charge >= 0.3 is 0 Å². The van der Waals surface area contributed by atoms with Crippen LogP contribution in [0.5, 0.6) is 0 Å². The maximum atomic E-state index is 8.94. The summed E-state index contributed by atoms with van der Waals surface area (Å²) in [5, 5.41) is 12.2. The molecule has 4 nitrogen and oxygen atoms in total. The topological polar surface area (TPSA) is 64.5 Å². The zero-order chi connectivity index (χ0) is 16.4. The Hall–Kier alpha value is -2.80. The molecule has 0 aliphatic rings. The number of imidazole rings is 1. The van der Waals surface area contributed by atoms with Crippen LogP contribution in [0, 0.1) is 11.3 Å². The van der Waals surface area contributed by atoms with E-state index in [1.165, 1.54) is 11.1 Å². The molecule has 3 aromatic rings. The minimum Gasteiger partial charge on any atom is -0.352 e. The minimum atomic E-state index is 0.170. The maximum absolute atomic E-state index is 8.94. The molecule has 0 radical (unpaired) electrons. The van der Waals surface area contributed by atoms with Gasteiger partial charge in [-0.3, -0.25) is 0 Å². The van der Waals surface area contributed by atoms with E-state index in [9.17, 15) is 0 Å². The first-order chi connectivity index (χ1) is 11.0. The van der Waals surface area contributed by atoms with Crippen LogP contribution in [-0.4, -0.2) is 9.97 Å². The molecule has 0 saturated carbocycles. The van der Waals surface area contributed by atoms with Gasteiger partial charge in [0.05, 0.1) is 22.7 Å². The number of nitrogens with zero attached hydrogens (tertiary/aromatic N) is 2. The number of hydrogen-bond acceptors (Lipinski definition) is 3. The Morgan fingerprint density at radius 2 is 1.87 bits per heavy atom.